The Hall–Kier alpha value is -2.34. The van der Waals surface area contributed by atoms with Gasteiger partial charge < -0.3 is 9.47 Å². The van der Waals surface area contributed by atoms with Gasteiger partial charge in [-0.2, -0.15) is 5.10 Å². The molecule has 0 radical (unpaired) electrons. The molecule has 1 aromatic carbocycles. The van der Waals surface area contributed by atoms with Crippen LogP contribution in [0, 0.1) is 0 Å². The Morgan fingerprint density at radius 2 is 1.91 bits per heavy atom. The molecule has 1 aliphatic rings. The summed E-state index contributed by atoms with van der Waals surface area (Å²) in [6, 6.07) is 7.96. The van der Waals surface area contributed by atoms with Crippen molar-refractivity contribution in [1.82, 2.24) is 15.2 Å². The van der Waals surface area contributed by atoms with Crippen molar-refractivity contribution in [2.24, 2.45) is 0 Å². The summed E-state index contributed by atoms with van der Waals surface area (Å²) in [7, 11) is 3.29. The van der Waals surface area contributed by atoms with E-state index in [9.17, 15) is 0 Å². The first-order valence-corrected chi connectivity index (χ1v) is 7.95. The molecule has 23 heavy (non-hydrogen) atoms. The number of benzene rings is 1. The van der Waals surface area contributed by atoms with Gasteiger partial charge in [-0.25, -0.2) is 0 Å². The number of rotatable bonds is 3. The molecule has 0 fully saturated rings. The van der Waals surface area contributed by atoms with Gasteiger partial charge in [-0.15, -0.1) is 0 Å². The molecule has 2 heterocycles. The molecule has 0 saturated carbocycles. The van der Waals surface area contributed by atoms with Gasteiger partial charge in [0.05, 0.1) is 31.3 Å². The Bertz CT molecular complexity index is 888. The summed E-state index contributed by atoms with van der Waals surface area (Å²) in [5.41, 5.74) is 6.23. The lowest BCUT2D eigenvalue weighted by Crippen LogP contribution is -1.93. The maximum Gasteiger partial charge on any atom is 0.161 e. The van der Waals surface area contributed by atoms with Gasteiger partial charge in [-0.3, -0.25) is 10.1 Å². The molecule has 0 saturated heterocycles. The second-order valence-electron chi connectivity index (χ2n) is 5.33. The van der Waals surface area contributed by atoms with E-state index >= 15 is 0 Å². The van der Waals surface area contributed by atoms with Crippen molar-refractivity contribution in [2.45, 2.75) is 6.42 Å². The van der Waals surface area contributed by atoms with E-state index in [0.717, 1.165) is 44.9 Å². The highest BCUT2D eigenvalue weighted by atomic mass is 79.9. The monoisotopic (exact) mass is 371 g/mol. The van der Waals surface area contributed by atoms with E-state index < -0.39 is 0 Å². The van der Waals surface area contributed by atoms with Crippen LogP contribution in [-0.2, 0) is 6.42 Å². The normalized spacial score (nSPS) is 12.0. The van der Waals surface area contributed by atoms with Crippen molar-refractivity contribution in [3.8, 4) is 34.1 Å². The second kappa shape index (κ2) is 5.38. The zero-order chi connectivity index (χ0) is 16.0. The summed E-state index contributed by atoms with van der Waals surface area (Å²) in [5, 5.41) is 7.61. The predicted molar refractivity (Wildman–Crippen MR) is 90.9 cm³/mol. The lowest BCUT2D eigenvalue weighted by Gasteiger charge is -2.09. The topological polar surface area (TPSA) is 60.0 Å². The third-order valence-electron chi connectivity index (χ3n) is 4.08. The maximum absolute atomic E-state index is 5.40. The van der Waals surface area contributed by atoms with Crippen molar-refractivity contribution < 1.29 is 9.47 Å². The highest BCUT2D eigenvalue weighted by Crippen LogP contribution is 2.44. The van der Waals surface area contributed by atoms with Crippen molar-refractivity contribution in [3.63, 3.8) is 0 Å². The lowest BCUT2D eigenvalue weighted by molar-refractivity contribution is 0.355. The van der Waals surface area contributed by atoms with E-state index in [4.69, 9.17) is 9.47 Å². The average molecular weight is 372 g/mol. The van der Waals surface area contributed by atoms with Crippen LogP contribution in [0.5, 0.6) is 11.5 Å². The number of halogens is 1. The average Bonchev–Trinajstić information content (AvgIpc) is 3.13. The van der Waals surface area contributed by atoms with E-state index in [2.05, 4.69) is 31.1 Å². The molecule has 0 amide bonds. The van der Waals surface area contributed by atoms with Crippen LogP contribution < -0.4 is 9.47 Å². The SMILES string of the molecule is COc1cc2c(cc1OC)-c1n[nH]c(-c3ccc(Br)cn3)c1C2. The number of hydrogen-bond donors (Lipinski definition) is 1. The maximum atomic E-state index is 5.40. The molecular weight excluding hydrogens is 358 g/mol. The molecule has 116 valence electrons. The summed E-state index contributed by atoms with van der Waals surface area (Å²) in [6.07, 6.45) is 2.59. The largest absolute Gasteiger partial charge is 0.493 e. The van der Waals surface area contributed by atoms with E-state index in [-0.39, 0.29) is 0 Å². The first kappa shape index (κ1) is 14.3. The summed E-state index contributed by atoms with van der Waals surface area (Å²) in [4.78, 5) is 4.46. The first-order valence-electron chi connectivity index (χ1n) is 7.15. The van der Waals surface area contributed by atoms with Crippen LogP contribution in [0.1, 0.15) is 11.1 Å². The van der Waals surface area contributed by atoms with Gasteiger partial charge >= 0.3 is 0 Å². The molecule has 0 aliphatic heterocycles. The van der Waals surface area contributed by atoms with Gasteiger partial charge in [0.1, 0.15) is 0 Å². The van der Waals surface area contributed by atoms with E-state index in [0.29, 0.717) is 5.75 Å². The summed E-state index contributed by atoms with van der Waals surface area (Å²) < 4.78 is 11.7. The molecule has 5 nitrogen and oxygen atoms in total. The number of pyridine rings is 1. The number of fused-ring (bicyclic) bond motifs is 3. The van der Waals surface area contributed by atoms with Crippen LogP contribution in [0.3, 0.4) is 0 Å². The molecule has 6 heteroatoms. The minimum Gasteiger partial charge on any atom is -0.493 e. The summed E-state index contributed by atoms with van der Waals surface area (Å²) in [6.45, 7) is 0. The van der Waals surface area contributed by atoms with Crippen LogP contribution in [-0.4, -0.2) is 29.4 Å². The first-order chi connectivity index (χ1) is 11.2. The van der Waals surface area contributed by atoms with Crippen LogP contribution in [0.4, 0.5) is 0 Å². The zero-order valence-corrected chi connectivity index (χ0v) is 14.3. The number of hydrogen-bond acceptors (Lipinski definition) is 4. The smallest absolute Gasteiger partial charge is 0.161 e. The Morgan fingerprint density at radius 3 is 2.61 bits per heavy atom. The van der Waals surface area contributed by atoms with E-state index in [1.807, 2.05) is 24.3 Å². The number of ether oxygens (including phenoxy) is 2. The Labute approximate surface area is 141 Å². The standard InChI is InChI=1S/C17H14BrN3O2/c1-22-14-6-9-5-12-16(11(9)7-15(14)23-2)20-21-17(12)13-4-3-10(18)8-19-13/h3-4,6-8H,5H2,1-2H3,(H,20,21). The molecular formula is C17H14BrN3O2. The van der Waals surface area contributed by atoms with Crippen molar-refractivity contribution >= 4 is 15.9 Å². The number of nitrogens with one attached hydrogen (secondary N) is 1. The molecule has 2 aromatic heterocycles. The second-order valence-corrected chi connectivity index (χ2v) is 6.24. The fourth-order valence-electron chi connectivity index (χ4n) is 2.97. The number of H-pyrrole nitrogens is 1. The molecule has 0 atom stereocenters. The van der Waals surface area contributed by atoms with Gasteiger partial charge in [-0.05, 0) is 45.8 Å². The minimum atomic E-state index is 0.713. The molecule has 3 aromatic rings. The number of nitrogens with zero attached hydrogens (tertiary/aromatic N) is 2. The molecule has 0 unspecified atom stereocenters. The van der Waals surface area contributed by atoms with Crippen LogP contribution in [0.15, 0.2) is 34.9 Å². The molecule has 1 aliphatic carbocycles. The summed E-state index contributed by atoms with van der Waals surface area (Å²) >= 11 is 3.41. The number of methoxy groups -OCH3 is 2. The van der Waals surface area contributed by atoms with E-state index in [1.54, 1.807) is 20.4 Å². The molecule has 1 N–H and O–H groups in total. The molecule has 0 bridgehead atoms. The fourth-order valence-corrected chi connectivity index (χ4v) is 3.21. The Kier molecular flexibility index (Phi) is 3.34. The van der Waals surface area contributed by atoms with Gasteiger partial charge in [0.2, 0.25) is 0 Å². The lowest BCUT2D eigenvalue weighted by atomic mass is 10.1. The van der Waals surface area contributed by atoms with Gasteiger partial charge in [0.25, 0.3) is 0 Å². The van der Waals surface area contributed by atoms with Crippen LogP contribution in [0.25, 0.3) is 22.6 Å². The Balaban J connectivity index is 1.82. The van der Waals surface area contributed by atoms with Crippen molar-refractivity contribution in [3.05, 3.63) is 46.1 Å². The van der Waals surface area contributed by atoms with Gasteiger partial charge in [-0.1, -0.05) is 0 Å². The third-order valence-corrected chi connectivity index (χ3v) is 4.55. The zero-order valence-electron chi connectivity index (χ0n) is 12.7. The predicted octanol–water partition coefficient (Wildman–Crippen LogP) is 3.82. The third kappa shape index (κ3) is 2.21. The number of aromatic nitrogens is 3. The van der Waals surface area contributed by atoms with Crippen LogP contribution in [0.2, 0.25) is 0 Å². The quantitative estimate of drug-likeness (QED) is 0.594. The minimum absolute atomic E-state index is 0.713. The van der Waals surface area contributed by atoms with Crippen molar-refractivity contribution in [2.75, 3.05) is 14.2 Å². The fraction of sp³-hybridized carbons (Fsp3) is 0.176. The van der Waals surface area contributed by atoms with Gasteiger partial charge in [0.15, 0.2) is 11.5 Å². The molecule has 4 rings (SSSR count). The summed E-state index contributed by atoms with van der Waals surface area (Å²) in [5.74, 6) is 1.45. The number of aromatic amines is 1. The van der Waals surface area contributed by atoms with Gasteiger partial charge in [0, 0.05) is 28.2 Å². The van der Waals surface area contributed by atoms with Crippen LogP contribution >= 0.6 is 15.9 Å². The molecule has 0 spiro atoms. The highest BCUT2D eigenvalue weighted by Gasteiger charge is 2.27. The highest BCUT2D eigenvalue weighted by molar-refractivity contribution is 9.10. The Morgan fingerprint density at radius 1 is 1.13 bits per heavy atom. The van der Waals surface area contributed by atoms with E-state index in [1.165, 1.54) is 5.56 Å². The van der Waals surface area contributed by atoms with Crippen molar-refractivity contribution in [1.29, 1.82) is 0 Å².